The van der Waals surface area contributed by atoms with E-state index in [1.807, 2.05) is 61.5 Å². The van der Waals surface area contributed by atoms with Gasteiger partial charge < -0.3 is 4.52 Å². The van der Waals surface area contributed by atoms with Crippen molar-refractivity contribution in [3.8, 4) is 11.5 Å². The van der Waals surface area contributed by atoms with Gasteiger partial charge in [0.1, 0.15) is 6.04 Å². The lowest BCUT2D eigenvalue weighted by molar-refractivity contribution is 0.0338. The molecule has 3 aromatic carbocycles. The summed E-state index contributed by atoms with van der Waals surface area (Å²) >= 11 is 0. The molecule has 1 saturated heterocycles. The number of carbonyl (C=O) groups is 2. The number of aryl methyl sites for hydroxylation is 1. The molecule has 3 heterocycles. The van der Waals surface area contributed by atoms with Gasteiger partial charge in [-0.2, -0.15) is 9.99 Å². The van der Waals surface area contributed by atoms with Gasteiger partial charge in [0.15, 0.2) is 5.82 Å². The van der Waals surface area contributed by atoms with Crippen molar-refractivity contribution in [2.45, 2.75) is 19.0 Å². The summed E-state index contributed by atoms with van der Waals surface area (Å²) in [6.07, 6.45) is 0. The molecule has 7 nitrogen and oxygen atoms in total. The van der Waals surface area contributed by atoms with Crippen LogP contribution in [0.15, 0.2) is 83.4 Å². The van der Waals surface area contributed by atoms with Crippen molar-refractivity contribution in [3.05, 3.63) is 107 Å². The number of amides is 2. The predicted molar refractivity (Wildman–Crippen MR) is 115 cm³/mol. The highest BCUT2D eigenvalue weighted by Gasteiger charge is 2.60. The predicted octanol–water partition coefficient (Wildman–Crippen LogP) is 4.35. The van der Waals surface area contributed by atoms with Crippen LogP contribution in [0, 0.1) is 6.92 Å². The lowest BCUT2D eigenvalue weighted by atomic mass is 10.1. The Morgan fingerprint density at radius 1 is 0.781 bits per heavy atom. The van der Waals surface area contributed by atoms with Crippen LogP contribution in [0.2, 0.25) is 0 Å². The molecular formula is C25H18N4O3. The van der Waals surface area contributed by atoms with Gasteiger partial charge in [0.05, 0.1) is 17.2 Å². The second kappa shape index (κ2) is 6.96. The van der Waals surface area contributed by atoms with Gasteiger partial charge in [0, 0.05) is 5.56 Å². The summed E-state index contributed by atoms with van der Waals surface area (Å²) in [7, 11) is 0. The fourth-order valence-corrected chi connectivity index (χ4v) is 4.27. The van der Waals surface area contributed by atoms with Crippen LogP contribution in [0.1, 0.15) is 49.8 Å². The summed E-state index contributed by atoms with van der Waals surface area (Å²) in [4.78, 5) is 30.8. The zero-order valence-electron chi connectivity index (χ0n) is 17.2. The third kappa shape index (κ3) is 2.79. The van der Waals surface area contributed by atoms with E-state index in [4.69, 9.17) is 4.52 Å². The Bertz CT molecular complexity index is 1310. The molecule has 2 aliphatic heterocycles. The number of benzene rings is 3. The molecule has 4 aromatic rings. The van der Waals surface area contributed by atoms with E-state index in [-0.39, 0.29) is 23.9 Å². The van der Waals surface area contributed by atoms with Gasteiger partial charge >= 0.3 is 0 Å². The molecule has 1 aromatic heterocycles. The molecule has 6 rings (SSSR count). The second-order valence-electron chi connectivity index (χ2n) is 7.97. The summed E-state index contributed by atoms with van der Waals surface area (Å²) in [5.74, 6) is 0.166. The van der Waals surface area contributed by atoms with E-state index in [2.05, 4.69) is 10.1 Å². The molecule has 7 heteroatoms. The summed E-state index contributed by atoms with van der Waals surface area (Å²) in [6, 6.07) is 23.8. The number of carbonyl (C=O) groups excluding carboxylic acids is 2. The molecule has 156 valence electrons. The molecule has 1 unspecified atom stereocenters. The van der Waals surface area contributed by atoms with Crippen LogP contribution in [0.3, 0.4) is 0 Å². The van der Waals surface area contributed by atoms with Crippen molar-refractivity contribution in [1.29, 1.82) is 0 Å². The number of hydrogen-bond donors (Lipinski definition) is 0. The summed E-state index contributed by atoms with van der Waals surface area (Å²) < 4.78 is 5.53. The van der Waals surface area contributed by atoms with Gasteiger partial charge in [-0.3, -0.25) is 9.59 Å². The maximum atomic E-state index is 13.1. The van der Waals surface area contributed by atoms with Crippen molar-refractivity contribution in [2.75, 3.05) is 0 Å². The van der Waals surface area contributed by atoms with Gasteiger partial charge in [-0.05, 0) is 36.8 Å². The largest absolute Gasteiger partial charge is 0.334 e. The van der Waals surface area contributed by atoms with E-state index in [0.717, 1.165) is 16.7 Å². The zero-order valence-corrected chi connectivity index (χ0v) is 17.2. The van der Waals surface area contributed by atoms with Crippen LogP contribution in [0.25, 0.3) is 11.5 Å². The fourth-order valence-electron chi connectivity index (χ4n) is 4.27. The Morgan fingerprint density at radius 3 is 2.06 bits per heavy atom. The molecule has 0 bridgehead atoms. The molecule has 3 atom stereocenters. The number of imide groups is 1. The summed E-state index contributed by atoms with van der Waals surface area (Å²) in [6.45, 7) is 2.01. The molecule has 0 aliphatic carbocycles. The minimum atomic E-state index is -0.387. The smallest absolute Gasteiger partial charge is 0.276 e. The molecule has 1 fully saturated rings. The molecule has 0 saturated carbocycles. The van der Waals surface area contributed by atoms with Gasteiger partial charge in [-0.1, -0.05) is 65.3 Å². The lowest BCUT2D eigenvalue weighted by Gasteiger charge is -2.16. The molecule has 0 N–H and O–H groups in total. The Kier molecular flexibility index (Phi) is 4.06. The quantitative estimate of drug-likeness (QED) is 0.359. The van der Waals surface area contributed by atoms with E-state index in [0.29, 0.717) is 22.8 Å². The third-order valence-corrected chi connectivity index (χ3v) is 5.93. The number of nitrogens with zero attached hydrogens (tertiary/aromatic N) is 4. The van der Waals surface area contributed by atoms with E-state index < -0.39 is 0 Å². The number of aromatic nitrogens is 2. The highest BCUT2D eigenvalue weighted by molar-refractivity contribution is 6.21. The fraction of sp³-hybridized carbons (Fsp3) is 0.120. The Hall–Kier alpha value is -4.10. The SMILES string of the molecule is Cc1ccc(-c2nc([C@H]3[C@H](c4ccccc4)N3N3C(=O)c4ccccc4C3=O)no2)cc1. The Morgan fingerprint density at radius 2 is 1.41 bits per heavy atom. The average Bonchev–Trinajstić information content (AvgIpc) is 3.23. The number of fused-ring (bicyclic) bond motifs is 1. The molecular weight excluding hydrogens is 404 g/mol. The van der Waals surface area contributed by atoms with Crippen molar-refractivity contribution in [2.24, 2.45) is 0 Å². The maximum Gasteiger partial charge on any atom is 0.276 e. The minimum Gasteiger partial charge on any atom is -0.334 e. The van der Waals surface area contributed by atoms with Crippen LogP contribution in [0.5, 0.6) is 0 Å². The van der Waals surface area contributed by atoms with E-state index in [1.165, 1.54) is 5.01 Å². The van der Waals surface area contributed by atoms with Crippen LogP contribution in [-0.2, 0) is 0 Å². The first-order valence-electron chi connectivity index (χ1n) is 10.3. The van der Waals surface area contributed by atoms with Crippen molar-refractivity contribution in [3.63, 3.8) is 0 Å². The molecule has 2 amide bonds. The number of hydrogen-bond acceptors (Lipinski definition) is 6. The lowest BCUT2D eigenvalue weighted by Crippen LogP contribution is -2.35. The van der Waals surface area contributed by atoms with Crippen molar-refractivity contribution < 1.29 is 14.1 Å². The second-order valence-corrected chi connectivity index (χ2v) is 7.97. The molecule has 0 radical (unpaired) electrons. The number of hydrazine groups is 1. The third-order valence-electron chi connectivity index (χ3n) is 5.93. The van der Waals surface area contributed by atoms with Gasteiger partial charge in [-0.25, -0.2) is 5.01 Å². The van der Waals surface area contributed by atoms with Crippen molar-refractivity contribution >= 4 is 11.8 Å². The first kappa shape index (κ1) is 18.7. The Labute approximate surface area is 183 Å². The van der Waals surface area contributed by atoms with E-state index in [1.54, 1.807) is 29.3 Å². The van der Waals surface area contributed by atoms with Crippen LogP contribution < -0.4 is 0 Å². The van der Waals surface area contributed by atoms with Crippen LogP contribution in [0.4, 0.5) is 0 Å². The Balaban J connectivity index is 1.38. The normalized spacial score (nSPS) is 21.7. The van der Waals surface area contributed by atoms with Gasteiger partial charge in [0.2, 0.25) is 0 Å². The monoisotopic (exact) mass is 422 g/mol. The number of rotatable bonds is 4. The standard InChI is InChI=1S/C25H18N4O3/c1-15-11-13-17(14-12-15)23-26-22(27-32-23)21-20(16-7-3-2-4-8-16)28(21)29-24(30)18-9-5-6-10-19(18)25(29)31/h2-14,20-21H,1H3/t20-,21+,28?/m0/s1. The highest BCUT2D eigenvalue weighted by atomic mass is 16.5. The van der Waals surface area contributed by atoms with Crippen LogP contribution in [-0.4, -0.2) is 32.0 Å². The highest BCUT2D eigenvalue weighted by Crippen LogP contribution is 2.56. The van der Waals surface area contributed by atoms with Gasteiger partial charge in [0.25, 0.3) is 17.7 Å². The molecule has 0 spiro atoms. The summed E-state index contributed by atoms with van der Waals surface area (Å²) in [5.41, 5.74) is 3.73. The zero-order chi connectivity index (χ0) is 21.8. The van der Waals surface area contributed by atoms with E-state index >= 15 is 0 Å². The first-order valence-corrected chi connectivity index (χ1v) is 10.3. The summed E-state index contributed by atoms with van der Waals surface area (Å²) in [5, 5.41) is 7.15. The maximum absolute atomic E-state index is 13.1. The molecule has 2 aliphatic rings. The van der Waals surface area contributed by atoms with E-state index in [9.17, 15) is 9.59 Å². The minimum absolute atomic E-state index is 0.248. The van der Waals surface area contributed by atoms with Crippen molar-refractivity contribution in [1.82, 2.24) is 20.2 Å². The van der Waals surface area contributed by atoms with Gasteiger partial charge in [-0.15, -0.1) is 0 Å². The van der Waals surface area contributed by atoms with Crippen LogP contribution >= 0.6 is 0 Å². The first-order chi connectivity index (χ1) is 15.6. The average molecular weight is 422 g/mol. The molecule has 32 heavy (non-hydrogen) atoms. The topological polar surface area (TPSA) is 79.3 Å².